The van der Waals surface area contributed by atoms with Crippen molar-refractivity contribution in [3.8, 4) is 0 Å². The van der Waals surface area contributed by atoms with E-state index in [1.807, 2.05) is 6.92 Å². The molecule has 0 aromatic carbocycles. The highest BCUT2D eigenvalue weighted by Gasteiger charge is 2.35. The molecule has 0 rings (SSSR count). The van der Waals surface area contributed by atoms with E-state index >= 15 is 0 Å². The second kappa shape index (κ2) is 13.6. The van der Waals surface area contributed by atoms with Crippen LogP contribution in [0.1, 0.15) is 53.9 Å². The van der Waals surface area contributed by atoms with Crippen molar-refractivity contribution in [1.29, 1.82) is 0 Å². The summed E-state index contributed by atoms with van der Waals surface area (Å²) in [7, 11) is 0. The number of hydrogen-bond acceptors (Lipinski definition) is 7. The summed E-state index contributed by atoms with van der Waals surface area (Å²) in [5.74, 6) is -5.28. The first-order chi connectivity index (χ1) is 14.8. The Balaban J connectivity index is 5.54. The molecule has 9 N–H and O–H groups in total. The van der Waals surface area contributed by atoms with Gasteiger partial charge in [-0.15, -0.1) is 0 Å². The normalized spacial score (nSPS) is 17.6. The molecule has 0 bridgehead atoms. The third kappa shape index (κ3) is 9.18. The summed E-state index contributed by atoms with van der Waals surface area (Å²) in [6.45, 7) is 8.34. The maximum atomic E-state index is 12.8. The fraction of sp³-hybridized carbons (Fsp3) is 0.750. The Kier molecular flexibility index (Phi) is 12.5. The van der Waals surface area contributed by atoms with E-state index in [-0.39, 0.29) is 5.92 Å². The number of primary amides is 1. The minimum atomic E-state index is -1.57. The molecule has 12 heteroatoms. The van der Waals surface area contributed by atoms with Gasteiger partial charge in [0.15, 0.2) is 0 Å². The van der Waals surface area contributed by atoms with Crippen molar-refractivity contribution in [2.24, 2.45) is 23.3 Å². The Morgan fingerprint density at radius 3 is 1.69 bits per heavy atom. The van der Waals surface area contributed by atoms with Crippen LogP contribution in [0.3, 0.4) is 0 Å². The highest BCUT2D eigenvalue weighted by Crippen LogP contribution is 2.11. The zero-order valence-corrected chi connectivity index (χ0v) is 19.3. The molecular formula is C20H37N5O7. The highest BCUT2D eigenvalue weighted by molar-refractivity contribution is 5.95. The molecular weight excluding hydrogens is 422 g/mol. The lowest BCUT2D eigenvalue weighted by Crippen LogP contribution is -2.61. The predicted molar refractivity (Wildman–Crippen MR) is 116 cm³/mol. The highest BCUT2D eigenvalue weighted by atomic mass is 16.4. The van der Waals surface area contributed by atoms with E-state index in [0.29, 0.717) is 12.8 Å². The molecule has 0 aromatic rings. The monoisotopic (exact) mass is 459 g/mol. The number of aliphatic hydroxyl groups excluding tert-OH is 1. The summed E-state index contributed by atoms with van der Waals surface area (Å²) >= 11 is 0. The van der Waals surface area contributed by atoms with Crippen molar-refractivity contribution in [3.63, 3.8) is 0 Å². The second-order valence-corrected chi connectivity index (χ2v) is 8.08. The van der Waals surface area contributed by atoms with Gasteiger partial charge in [0.05, 0.1) is 18.6 Å². The molecule has 0 fully saturated rings. The van der Waals surface area contributed by atoms with Crippen LogP contribution in [0.15, 0.2) is 0 Å². The molecule has 0 spiro atoms. The fourth-order valence-electron chi connectivity index (χ4n) is 2.77. The molecule has 0 aliphatic rings. The molecule has 0 aliphatic carbocycles. The summed E-state index contributed by atoms with van der Waals surface area (Å²) in [4.78, 5) is 60.3. The molecule has 184 valence electrons. The van der Waals surface area contributed by atoms with Crippen LogP contribution >= 0.6 is 0 Å². The summed E-state index contributed by atoms with van der Waals surface area (Å²) < 4.78 is 0. The minimum Gasteiger partial charge on any atom is -0.480 e. The number of aliphatic hydroxyl groups is 1. The number of nitrogens with one attached hydrogen (secondary N) is 3. The van der Waals surface area contributed by atoms with Gasteiger partial charge in [-0.1, -0.05) is 40.5 Å². The lowest BCUT2D eigenvalue weighted by Gasteiger charge is -2.29. The average molecular weight is 460 g/mol. The Labute approximate surface area is 187 Å². The van der Waals surface area contributed by atoms with Crippen LogP contribution < -0.4 is 27.4 Å². The number of carbonyl (C=O) groups excluding carboxylic acids is 4. The van der Waals surface area contributed by atoms with Crippen molar-refractivity contribution in [3.05, 3.63) is 0 Å². The van der Waals surface area contributed by atoms with Gasteiger partial charge in [-0.3, -0.25) is 19.2 Å². The number of carbonyl (C=O) groups is 5. The Morgan fingerprint density at radius 2 is 1.28 bits per heavy atom. The van der Waals surface area contributed by atoms with Crippen molar-refractivity contribution in [2.75, 3.05) is 0 Å². The smallest absolute Gasteiger partial charge is 0.326 e. The largest absolute Gasteiger partial charge is 0.480 e. The Hall–Kier alpha value is -2.73. The summed E-state index contributed by atoms with van der Waals surface area (Å²) in [6, 6.07) is -5.04. The molecule has 0 heterocycles. The molecule has 4 amide bonds. The summed E-state index contributed by atoms with van der Waals surface area (Å²) in [6.07, 6.45) is -0.851. The Bertz CT molecular complexity index is 685. The third-order valence-electron chi connectivity index (χ3n) is 5.44. The van der Waals surface area contributed by atoms with E-state index in [2.05, 4.69) is 16.0 Å². The van der Waals surface area contributed by atoms with Crippen molar-refractivity contribution >= 4 is 29.6 Å². The van der Waals surface area contributed by atoms with Crippen LogP contribution in [0, 0.1) is 11.8 Å². The van der Waals surface area contributed by atoms with Gasteiger partial charge in [-0.25, -0.2) is 4.79 Å². The van der Waals surface area contributed by atoms with Gasteiger partial charge < -0.3 is 37.6 Å². The van der Waals surface area contributed by atoms with Crippen LogP contribution in [0.2, 0.25) is 0 Å². The second-order valence-electron chi connectivity index (χ2n) is 8.08. The van der Waals surface area contributed by atoms with Gasteiger partial charge in [0.25, 0.3) is 0 Å². The van der Waals surface area contributed by atoms with Crippen molar-refractivity contribution in [2.45, 2.75) is 84.2 Å². The molecule has 0 saturated heterocycles. The van der Waals surface area contributed by atoms with Crippen molar-refractivity contribution < 1.29 is 34.2 Å². The van der Waals surface area contributed by atoms with Crippen molar-refractivity contribution in [1.82, 2.24) is 16.0 Å². The van der Waals surface area contributed by atoms with E-state index in [1.165, 1.54) is 6.92 Å². The average Bonchev–Trinajstić information content (AvgIpc) is 2.72. The number of aliphatic carboxylic acids is 1. The van der Waals surface area contributed by atoms with E-state index in [4.69, 9.17) is 11.5 Å². The first-order valence-corrected chi connectivity index (χ1v) is 10.6. The molecule has 7 unspecified atom stereocenters. The molecule has 7 atom stereocenters. The van der Waals surface area contributed by atoms with E-state index < -0.39 is 72.2 Å². The fourth-order valence-corrected chi connectivity index (χ4v) is 2.77. The summed E-state index contributed by atoms with van der Waals surface area (Å²) in [5, 5.41) is 26.3. The van der Waals surface area contributed by atoms with Gasteiger partial charge in [-0.05, 0) is 18.8 Å². The lowest BCUT2D eigenvalue weighted by atomic mass is 9.96. The molecule has 0 aromatic heterocycles. The van der Waals surface area contributed by atoms with Gasteiger partial charge >= 0.3 is 5.97 Å². The maximum absolute atomic E-state index is 12.8. The van der Waals surface area contributed by atoms with Crippen LogP contribution in [0.25, 0.3) is 0 Å². The van der Waals surface area contributed by atoms with E-state index in [0.717, 1.165) is 0 Å². The number of carboxylic acids is 1. The van der Waals surface area contributed by atoms with Gasteiger partial charge in [0, 0.05) is 0 Å². The van der Waals surface area contributed by atoms with Gasteiger partial charge in [0.1, 0.15) is 18.1 Å². The van der Waals surface area contributed by atoms with Crippen LogP contribution in [0.5, 0.6) is 0 Å². The quantitative estimate of drug-likeness (QED) is 0.157. The van der Waals surface area contributed by atoms with Gasteiger partial charge in [0.2, 0.25) is 23.6 Å². The lowest BCUT2D eigenvalue weighted by molar-refractivity contribution is -0.144. The molecule has 0 aliphatic heterocycles. The molecule has 12 nitrogen and oxygen atoms in total. The number of carboxylic acid groups (broad SMARTS) is 1. The van der Waals surface area contributed by atoms with Crippen LogP contribution in [-0.2, 0) is 24.0 Å². The number of nitrogens with two attached hydrogens (primary N) is 2. The predicted octanol–water partition coefficient (Wildman–Crippen LogP) is -1.80. The zero-order valence-electron chi connectivity index (χ0n) is 19.3. The van der Waals surface area contributed by atoms with E-state index in [1.54, 1.807) is 20.8 Å². The van der Waals surface area contributed by atoms with E-state index in [9.17, 15) is 34.2 Å². The molecule has 0 radical (unpaired) electrons. The Morgan fingerprint density at radius 1 is 0.812 bits per heavy atom. The number of hydrogen-bond donors (Lipinski definition) is 7. The first-order valence-electron chi connectivity index (χ1n) is 10.6. The number of rotatable bonds is 14. The van der Waals surface area contributed by atoms with Crippen LogP contribution in [-0.4, -0.2) is 70.1 Å². The molecule has 0 saturated carbocycles. The number of amides is 4. The maximum Gasteiger partial charge on any atom is 0.326 e. The summed E-state index contributed by atoms with van der Waals surface area (Å²) in [5.41, 5.74) is 10.9. The van der Waals surface area contributed by atoms with Crippen LogP contribution in [0.4, 0.5) is 0 Å². The standard InChI is InChI=1S/C20H37N5O7/c1-6-9(3)14(22)17(28)25-16(11(5)26)19(30)24-15(10(4)7-2)18(29)23-12(20(31)32)8-13(21)27/h9-12,14-16,26H,6-8,22H2,1-5H3,(H2,21,27)(H,23,29)(H,24,30)(H,25,28)(H,31,32). The third-order valence-corrected chi connectivity index (χ3v) is 5.44. The molecule has 32 heavy (non-hydrogen) atoms. The SMILES string of the molecule is CCC(C)C(N)C(=O)NC(C(=O)NC(C(=O)NC(CC(N)=O)C(=O)O)C(C)CC)C(C)O. The first kappa shape index (κ1) is 29.3. The van der Waals surface area contributed by atoms with Gasteiger partial charge in [-0.2, -0.15) is 0 Å². The zero-order chi connectivity index (χ0) is 25.2. The minimum absolute atomic E-state index is 0.162. The topological polar surface area (TPSA) is 214 Å².